The monoisotopic (exact) mass is 236 g/mol. The van der Waals surface area contributed by atoms with E-state index in [1.165, 1.54) is 12.8 Å². The lowest BCUT2D eigenvalue weighted by Crippen LogP contribution is -2.19. The van der Waals surface area contributed by atoms with E-state index >= 15 is 0 Å². The normalized spacial score (nSPS) is 10.8. The van der Waals surface area contributed by atoms with Crippen LogP contribution in [0.15, 0.2) is 12.4 Å². The summed E-state index contributed by atoms with van der Waals surface area (Å²) in [6.07, 6.45) is 7.25. The SMILES string of the molecule is CCCCN(C)Cc1cnc(NCCC)cn1. The Labute approximate surface area is 104 Å². The molecular formula is C13H24N4. The Hall–Kier alpha value is -1.16. The molecule has 4 nitrogen and oxygen atoms in total. The molecule has 0 amide bonds. The minimum absolute atomic E-state index is 0.867. The fraction of sp³-hybridized carbons (Fsp3) is 0.692. The highest BCUT2D eigenvalue weighted by atomic mass is 15.1. The van der Waals surface area contributed by atoms with Crippen LogP contribution in [-0.2, 0) is 6.54 Å². The van der Waals surface area contributed by atoms with Crippen molar-refractivity contribution in [3.05, 3.63) is 18.1 Å². The molecule has 17 heavy (non-hydrogen) atoms. The molecule has 0 bridgehead atoms. The summed E-state index contributed by atoms with van der Waals surface area (Å²) < 4.78 is 0. The number of unbranched alkanes of at least 4 members (excludes halogenated alkanes) is 1. The number of hydrogen-bond acceptors (Lipinski definition) is 4. The van der Waals surface area contributed by atoms with Crippen LogP contribution in [-0.4, -0.2) is 35.0 Å². The van der Waals surface area contributed by atoms with Crippen molar-refractivity contribution in [1.29, 1.82) is 0 Å². The van der Waals surface area contributed by atoms with Crippen LogP contribution in [0.5, 0.6) is 0 Å². The Bertz CT molecular complexity index is 297. The summed E-state index contributed by atoms with van der Waals surface area (Å²) in [7, 11) is 2.13. The Balaban J connectivity index is 2.39. The average molecular weight is 236 g/mol. The van der Waals surface area contributed by atoms with E-state index < -0.39 is 0 Å². The Morgan fingerprint density at radius 2 is 2.00 bits per heavy atom. The molecule has 4 heteroatoms. The van der Waals surface area contributed by atoms with Crippen LogP contribution in [0.2, 0.25) is 0 Å². The van der Waals surface area contributed by atoms with Crippen molar-refractivity contribution in [2.75, 3.05) is 25.5 Å². The average Bonchev–Trinajstić information content (AvgIpc) is 2.35. The highest BCUT2D eigenvalue weighted by Gasteiger charge is 2.01. The Morgan fingerprint density at radius 1 is 1.18 bits per heavy atom. The maximum atomic E-state index is 4.41. The maximum Gasteiger partial charge on any atom is 0.144 e. The third kappa shape index (κ3) is 5.63. The van der Waals surface area contributed by atoms with Crippen LogP contribution in [0.1, 0.15) is 38.8 Å². The third-order valence-corrected chi connectivity index (χ3v) is 2.59. The van der Waals surface area contributed by atoms with Crippen LogP contribution in [0.3, 0.4) is 0 Å². The molecule has 0 atom stereocenters. The molecular weight excluding hydrogens is 212 g/mol. The molecule has 1 N–H and O–H groups in total. The van der Waals surface area contributed by atoms with Crippen LogP contribution in [0.25, 0.3) is 0 Å². The van der Waals surface area contributed by atoms with E-state index in [1.807, 2.05) is 12.4 Å². The largest absolute Gasteiger partial charge is 0.369 e. The summed E-state index contributed by atoms with van der Waals surface area (Å²) in [6, 6.07) is 0. The lowest BCUT2D eigenvalue weighted by molar-refractivity contribution is 0.316. The third-order valence-electron chi connectivity index (χ3n) is 2.59. The molecule has 1 aromatic heterocycles. The van der Waals surface area contributed by atoms with Gasteiger partial charge in [-0.3, -0.25) is 4.98 Å². The fourth-order valence-corrected chi connectivity index (χ4v) is 1.56. The van der Waals surface area contributed by atoms with Gasteiger partial charge in [0.25, 0.3) is 0 Å². The van der Waals surface area contributed by atoms with Crippen molar-refractivity contribution < 1.29 is 0 Å². The Kier molecular flexibility index (Phi) is 6.55. The molecule has 0 aromatic carbocycles. The Morgan fingerprint density at radius 3 is 2.59 bits per heavy atom. The zero-order valence-corrected chi connectivity index (χ0v) is 11.2. The first-order chi connectivity index (χ1) is 8.26. The number of rotatable bonds is 8. The van der Waals surface area contributed by atoms with Crippen LogP contribution < -0.4 is 5.32 Å². The first kappa shape index (κ1) is 13.9. The van der Waals surface area contributed by atoms with Crippen molar-refractivity contribution in [3.63, 3.8) is 0 Å². The van der Waals surface area contributed by atoms with Gasteiger partial charge in [-0.05, 0) is 26.4 Å². The quantitative estimate of drug-likeness (QED) is 0.753. The topological polar surface area (TPSA) is 41.1 Å². The van der Waals surface area contributed by atoms with Crippen molar-refractivity contribution in [3.8, 4) is 0 Å². The number of nitrogens with one attached hydrogen (secondary N) is 1. The first-order valence-electron chi connectivity index (χ1n) is 6.49. The highest BCUT2D eigenvalue weighted by molar-refractivity contribution is 5.30. The zero-order chi connectivity index (χ0) is 12.5. The van der Waals surface area contributed by atoms with Crippen LogP contribution >= 0.6 is 0 Å². The number of hydrogen-bond donors (Lipinski definition) is 1. The van der Waals surface area contributed by atoms with E-state index in [4.69, 9.17) is 0 Å². The fourth-order valence-electron chi connectivity index (χ4n) is 1.56. The van der Waals surface area contributed by atoms with E-state index in [2.05, 4.69) is 41.1 Å². The number of aromatic nitrogens is 2. The zero-order valence-electron chi connectivity index (χ0n) is 11.2. The van der Waals surface area contributed by atoms with Gasteiger partial charge in [-0.2, -0.15) is 0 Å². The van der Waals surface area contributed by atoms with Gasteiger partial charge >= 0.3 is 0 Å². The molecule has 0 spiro atoms. The summed E-state index contributed by atoms with van der Waals surface area (Å²) in [4.78, 5) is 11.0. The predicted octanol–water partition coefficient (Wildman–Crippen LogP) is 2.53. The summed E-state index contributed by atoms with van der Waals surface area (Å²) >= 11 is 0. The number of anilines is 1. The van der Waals surface area contributed by atoms with Gasteiger partial charge in [0.2, 0.25) is 0 Å². The molecule has 0 saturated heterocycles. The molecule has 1 aromatic rings. The predicted molar refractivity (Wildman–Crippen MR) is 72.1 cm³/mol. The molecule has 0 aliphatic heterocycles. The number of nitrogens with zero attached hydrogens (tertiary/aromatic N) is 3. The molecule has 0 unspecified atom stereocenters. The van der Waals surface area contributed by atoms with Gasteiger partial charge < -0.3 is 10.2 Å². The van der Waals surface area contributed by atoms with E-state index in [-0.39, 0.29) is 0 Å². The van der Waals surface area contributed by atoms with Gasteiger partial charge in [0.15, 0.2) is 0 Å². The minimum Gasteiger partial charge on any atom is -0.369 e. The summed E-state index contributed by atoms with van der Waals surface area (Å²) in [5.74, 6) is 0.867. The van der Waals surface area contributed by atoms with Crippen LogP contribution in [0.4, 0.5) is 5.82 Å². The first-order valence-corrected chi connectivity index (χ1v) is 6.49. The summed E-state index contributed by atoms with van der Waals surface area (Å²) in [5.41, 5.74) is 1.03. The van der Waals surface area contributed by atoms with E-state index in [0.717, 1.165) is 37.6 Å². The molecule has 0 fully saturated rings. The molecule has 0 aliphatic rings. The van der Waals surface area contributed by atoms with Crippen molar-refractivity contribution >= 4 is 5.82 Å². The molecule has 1 rings (SSSR count). The maximum absolute atomic E-state index is 4.41. The lowest BCUT2D eigenvalue weighted by Gasteiger charge is -2.15. The molecule has 0 radical (unpaired) electrons. The van der Waals surface area contributed by atoms with Gasteiger partial charge in [-0.1, -0.05) is 20.3 Å². The van der Waals surface area contributed by atoms with Crippen molar-refractivity contribution in [1.82, 2.24) is 14.9 Å². The van der Waals surface area contributed by atoms with Gasteiger partial charge in [0.05, 0.1) is 18.1 Å². The van der Waals surface area contributed by atoms with Gasteiger partial charge in [-0.15, -0.1) is 0 Å². The molecule has 0 aliphatic carbocycles. The van der Waals surface area contributed by atoms with E-state index in [1.54, 1.807) is 0 Å². The van der Waals surface area contributed by atoms with Gasteiger partial charge in [-0.25, -0.2) is 4.98 Å². The summed E-state index contributed by atoms with van der Waals surface area (Å²) in [5, 5.41) is 3.22. The minimum atomic E-state index is 0.867. The van der Waals surface area contributed by atoms with Gasteiger partial charge in [0, 0.05) is 13.1 Å². The standard InChI is InChI=1S/C13H24N4/c1-4-6-8-17(3)11-12-9-16-13(10-15-12)14-7-5-2/h9-10H,4-8,11H2,1-3H3,(H,14,16). The smallest absolute Gasteiger partial charge is 0.144 e. The van der Waals surface area contributed by atoms with Crippen LogP contribution in [0, 0.1) is 0 Å². The van der Waals surface area contributed by atoms with Crippen molar-refractivity contribution in [2.24, 2.45) is 0 Å². The second-order valence-corrected chi connectivity index (χ2v) is 4.41. The van der Waals surface area contributed by atoms with Gasteiger partial charge in [0.1, 0.15) is 5.82 Å². The second kappa shape index (κ2) is 8.01. The summed E-state index contributed by atoms with van der Waals surface area (Å²) in [6.45, 7) is 7.29. The molecule has 0 saturated carbocycles. The van der Waals surface area contributed by atoms with E-state index in [0.29, 0.717) is 0 Å². The highest BCUT2D eigenvalue weighted by Crippen LogP contribution is 2.04. The molecule has 96 valence electrons. The van der Waals surface area contributed by atoms with E-state index in [9.17, 15) is 0 Å². The second-order valence-electron chi connectivity index (χ2n) is 4.41. The van der Waals surface area contributed by atoms with Crippen molar-refractivity contribution in [2.45, 2.75) is 39.7 Å². The molecule has 1 heterocycles. The lowest BCUT2D eigenvalue weighted by atomic mass is 10.3.